The zero-order valence-corrected chi connectivity index (χ0v) is 9.49. The summed E-state index contributed by atoms with van der Waals surface area (Å²) in [5, 5.41) is 0. The van der Waals surface area contributed by atoms with Gasteiger partial charge in [0.25, 0.3) is 0 Å². The Morgan fingerprint density at radius 3 is 1.09 bits per heavy atom. The highest BCUT2D eigenvalue weighted by Crippen LogP contribution is 2.22. The van der Waals surface area contributed by atoms with Crippen molar-refractivity contribution in [1.29, 1.82) is 0 Å². The Labute approximate surface area is 73.4 Å². The van der Waals surface area contributed by atoms with Crippen LogP contribution >= 0.6 is 0 Å². The van der Waals surface area contributed by atoms with Crippen LogP contribution in [0.25, 0.3) is 0 Å². The first kappa shape index (κ1) is 13.6. The maximum atomic E-state index is 2.30. The molecule has 0 radical (unpaired) electrons. The standard InChI is InChI=1S/C7H16.C4H10/c1-5-7(3,4)6-2;1-4(2)3/h5-6H2,1-4H3;4H,1-3H3. The highest BCUT2D eigenvalue weighted by molar-refractivity contribution is 4.61. The molecule has 0 heteroatoms. The van der Waals surface area contributed by atoms with Gasteiger partial charge >= 0.3 is 0 Å². The van der Waals surface area contributed by atoms with E-state index < -0.39 is 0 Å². The van der Waals surface area contributed by atoms with Crippen molar-refractivity contribution in [2.75, 3.05) is 0 Å². The second-order valence-electron chi connectivity index (χ2n) is 4.60. The molecule has 0 aliphatic rings. The Hall–Kier alpha value is 0. The third kappa shape index (κ3) is 17.8. The maximum absolute atomic E-state index is 2.30. The van der Waals surface area contributed by atoms with E-state index in [0.29, 0.717) is 5.41 Å². The first-order valence-electron chi connectivity index (χ1n) is 4.85. The molecule has 0 saturated heterocycles. The van der Waals surface area contributed by atoms with Crippen molar-refractivity contribution in [3.05, 3.63) is 0 Å². The third-order valence-corrected chi connectivity index (χ3v) is 1.91. The predicted octanol–water partition coefficient (Wildman–Crippen LogP) is 4.49. The Morgan fingerprint density at radius 1 is 0.909 bits per heavy atom. The molecule has 0 aromatic heterocycles. The van der Waals surface area contributed by atoms with Gasteiger partial charge in [0.15, 0.2) is 0 Å². The van der Waals surface area contributed by atoms with E-state index in [9.17, 15) is 0 Å². The van der Waals surface area contributed by atoms with Gasteiger partial charge in [0.05, 0.1) is 0 Å². The second-order valence-corrected chi connectivity index (χ2v) is 4.60. The van der Waals surface area contributed by atoms with Crippen molar-refractivity contribution < 1.29 is 0 Å². The summed E-state index contributed by atoms with van der Waals surface area (Å²) in [7, 11) is 0. The first-order valence-corrected chi connectivity index (χ1v) is 4.85. The molecule has 0 rings (SSSR count). The summed E-state index contributed by atoms with van der Waals surface area (Å²) in [4.78, 5) is 0. The lowest BCUT2D eigenvalue weighted by atomic mass is 9.88. The molecule has 0 aromatic carbocycles. The average Bonchev–Trinajstić information content (AvgIpc) is 1.87. The van der Waals surface area contributed by atoms with Crippen molar-refractivity contribution in [3.63, 3.8) is 0 Å². The SMILES string of the molecule is CC(C)C.CCC(C)(C)CC. The highest BCUT2D eigenvalue weighted by Gasteiger charge is 2.09. The minimum Gasteiger partial charge on any atom is -0.0649 e. The molecule has 0 saturated carbocycles. The number of hydrogen-bond donors (Lipinski definition) is 0. The van der Waals surface area contributed by atoms with E-state index in [1.54, 1.807) is 0 Å². The third-order valence-electron chi connectivity index (χ3n) is 1.91. The first-order chi connectivity index (χ1) is 4.85. The molecular formula is C11H26. The van der Waals surface area contributed by atoms with Crippen LogP contribution in [-0.2, 0) is 0 Å². The van der Waals surface area contributed by atoms with E-state index in [-0.39, 0.29) is 0 Å². The van der Waals surface area contributed by atoms with Gasteiger partial charge in [-0.1, -0.05) is 61.3 Å². The van der Waals surface area contributed by atoms with Crippen LogP contribution in [0.2, 0.25) is 0 Å². The van der Waals surface area contributed by atoms with E-state index in [1.807, 2.05) is 0 Å². The molecule has 0 spiro atoms. The van der Waals surface area contributed by atoms with Gasteiger partial charge in [-0.3, -0.25) is 0 Å². The fraction of sp³-hybridized carbons (Fsp3) is 1.00. The zero-order valence-electron chi connectivity index (χ0n) is 9.49. The summed E-state index contributed by atoms with van der Waals surface area (Å²) in [5.74, 6) is 0.833. The van der Waals surface area contributed by atoms with Gasteiger partial charge in [-0.15, -0.1) is 0 Å². The van der Waals surface area contributed by atoms with E-state index >= 15 is 0 Å². The molecule has 0 amide bonds. The van der Waals surface area contributed by atoms with Gasteiger partial charge in [-0.05, 0) is 11.3 Å². The van der Waals surface area contributed by atoms with Gasteiger partial charge in [-0.25, -0.2) is 0 Å². The fourth-order valence-corrected chi connectivity index (χ4v) is 0.250. The summed E-state index contributed by atoms with van der Waals surface area (Å²) in [6.07, 6.45) is 2.59. The molecular weight excluding hydrogens is 132 g/mol. The number of hydrogen-bond acceptors (Lipinski definition) is 0. The van der Waals surface area contributed by atoms with Crippen LogP contribution < -0.4 is 0 Å². The van der Waals surface area contributed by atoms with E-state index in [0.717, 1.165) is 5.92 Å². The molecule has 0 heterocycles. The lowest BCUT2D eigenvalue weighted by Gasteiger charge is -2.18. The summed E-state index contributed by atoms with van der Waals surface area (Å²) in [5.41, 5.74) is 0.583. The van der Waals surface area contributed by atoms with Crippen molar-refractivity contribution in [1.82, 2.24) is 0 Å². The highest BCUT2D eigenvalue weighted by atomic mass is 14.1. The van der Waals surface area contributed by atoms with Crippen molar-refractivity contribution in [3.8, 4) is 0 Å². The monoisotopic (exact) mass is 158 g/mol. The molecule has 70 valence electrons. The second kappa shape index (κ2) is 6.69. The van der Waals surface area contributed by atoms with Crippen LogP contribution in [0, 0.1) is 11.3 Å². The van der Waals surface area contributed by atoms with E-state index in [1.165, 1.54) is 12.8 Å². The van der Waals surface area contributed by atoms with E-state index in [2.05, 4.69) is 48.5 Å². The normalized spacial score (nSPS) is 10.9. The molecule has 0 N–H and O–H groups in total. The summed E-state index contributed by atoms with van der Waals surface area (Å²) in [6.45, 7) is 15.6. The largest absolute Gasteiger partial charge is 0.0649 e. The van der Waals surface area contributed by atoms with Crippen LogP contribution in [0.4, 0.5) is 0 Å². The fourth-order valence-electron chi connectivity index (χ4n) is 0.250. The molecule has 0 aromatic rings. The lowest BCUT2D eigenvalue weighted by Crippen LogP contribution is -2.05. The molecule has 0 aliphatic carbocycles. The van der Waals surface area contributed by atoms with Gasteiger partial charge < -0.3 is 0 Å². The van der Waals surface area contributed by atoms with Crippen molar-refractivity contribution in [2.45, 2.75) is 61.3 Å². The Morgan fingerprint density at radius 2 is 1.09 bits per heavy atom. The minimum atomic E-state index is 0.583. The van der Waals surface area contributed by atoms with Crippen LogP contribution in [0.15, 0.2) is 0 Å². The van der Waals surface area contributed by atoms with Gasteiger partial charge in [0.2, 0.25) is 0 Å². The molecule has 0 atom stereocenters. The Kier molecular flexibility index (Phi) is 8.26. The van der Waals surface area contributed by atoms with Gasteiger partial charge in [0.1, 0.15) is 0 Å². The Bertz CT molecular complexity index is 61.4. The maximum Gasteiger partial charge on any atom is -0.0359 e. The lowest BCUT2D eigenvalue weighted by molar-refractivity contribution is 0.338. The molecule has 11 heavy (non-hydrogen) atoms. The quantitative estimate of drug-likeness (QED) is 0.555. The summed E-state index contributed by atoms with van der Waals surface area (Å²) in [6, 6.07) is 0. The van der Waals surface area contributed by atoms with Crippen LogP contribution in [0.1, 0.15) is 61.3 Å². The zero-order chi connectivity index (χ0) is 9.49. The number of rotatable bonds is 2. The molecule has 0 bridgehead atoms. The minimum absolute atomic E-state index is 0.583. The molecule has 0 nitrogen and oxygen atoms in total. The summed E-state index contributed by atoms with van der Waals surface area (Å²) < 4.78 is 0. The predicted molar refractivity (Wildman–Crippen MR) is 54.9 cm³/mol. The summed E-state index contributed by atoms with van der Waals surface area (Å²) >= 11 is 0. The Balaban J connectivity index is 0. The van der Waals surface area contributed by atoms with E-state index in [4.69, 9.17) is 0 Å². The van der Waals surface area contributed by atoms with Crippen LogP contribution in [0.5, 0.6) is 0 Å². The average molecular weight is 158 g/mol. The molecule has 0 aliphatic heterocycles. The smallest absolute Gasteiger partial charge is 0.0359 e. The van der Waals surface area contributed by atoms with Gasteiger partial charge in [0, 0.05) is 0 Å². The topological polar surface area (TPSA) is 0 Å². The van der Waals surface area contributed by atoms with Gasteiger partial charge in [-0.2, -0.15) is 0 Å². The van der Waals surface area contributed by atoms with Crippen LogP contribution in [-0.4, -0.2) is 0 Å². The van der Waals surface area contributed by atoms with Crippen molar-refractivity contribution in [2.24, 2.45) is 11.3 Å². The molecule has 0 unspecified atom stereocenters. The van der Waals surface area contributed by atoms with Crippen molar-refractivity contribution >= 4 is 0 Å². The van der Waals surface area contributed by atoms with Crippen LogP contribution in [0.3, 0.4) is 0 Å². The molecule has 0 fully saturated rings.